The minimum atomic E-state index is -0.289. The Morgan fingerprint density at radius 3 is 1.51 bits per heavy atom. The fourth-order valence-electron chi connectivity index (χ4n) is 8.07. The lowest BCUT2D eigenvalue weighted by molar-refractivity contribution is -0.131. The van der Waals surface area contributed by atoms with Crippen LogP contribution in [0.15, 0.2) is 94.5 Å². The number of hydrogen-bond donors (Lipinski definition) is 2. The number of aromatic amines is 2. The molecule has 9 heteroatoms. The van der Waals surface area contributed by atoms with Crippen molar-refractivity contribution in [2.45, 2.75) is 91.9 Å². The van der Waals surface area contributed by atoms with E-state index in [9.17, 15) is 14.4 Å². The molecule has 0 unspecified atom stereocenters. The van der Waals surface area contributed by atoms with Crippen molar-refractivity contribution in [3.63, 3.8) is 0 Å². The van der Waals surface area contributed by atoms with E-state index in [4.69, 9.17) is 23.2 Å². The smallest absolute Gasteiger partial charge is 0.267 e. The van der Waals surface area contributed by atoms with Crippen molar-refractivity contribution in [1.82, 2.24) is 19.8 Å². The van der Waals surface area contributed by atoms with E-state index >= 15 is 0 Å². The minimum Gasteiger partial charge on any atom is -0.342 e. The summed E-state index contributed by atoms with van der Waals surface area (Å²) in [6.07, 6.45) is 8.71. The second-order valence-corrected chi connectivity index (χ2v) is 20.0. The van der Waals surface area contributed by atoms with Crippen LogP contribution in [0.1, 0.15) is 115 Å². The third-order valence-corrected chi connectivity index (χ3v) is 12.2. The predicted octanol–water partition coefficient (Wildman–Crippen LogP) is 10.8. The maximum atomic E-state index is 12.4. The van der Waals surface area contributed by atoms with Crippen molar-refractivity contribution in [3.8, 4) is 0 Å². The molecule has 2 aliphatic heterocycles. The topological polar surface area (TPSA) is 89.3 Å². The Morgan fingerprint density at radius 2 is 1.10 bits per heavy atom. The summed E-state index contributed by atoms with van der Waals surface area (Å²) in [4.78, 5) is 47.2. The standard InChI is InChI=1S/C25H29ClN2O2.C25H33ClN2O/c1-25(2,3)19-8-6-17(7-9-19)20(22-11-10-21(26)23(29)27-22)14-16-12-13-28(15-16)24(30)18-4-5-18;1-17(2)15-28-13-12-18(16-28)14-21(23-11-10-22(26)24(29)27-23)19-6-8-20(9-7-19)25(3,4)5/h6-11,14,16,18H,4-5,12-13,15H2,1-3H3,(H,27,29);6-11,14,17-18H,12-13,15-16H2,1-5H3,(H,27,29)/b20-14+;21-14+/t16-;18-/m11/s1. The zero-order valence-corrected chi connectivity index (χ0v) is 37.6. The van der Waals surface area contributed by atoms with Crippen LogP contribution in [0.25, 0.3) is 11.1 Å². The molecule has 7 nitrogen and oxygen atoms in total. The molecule has 3 fully saturated rings. The monoisotopic (exact) mass is 836 g/mol. The van der Waals surface area contributed by atoms with Gasteiger partial charge >= 0.3 is 0 Å². The van der Waals surface area contributed by atoms with Gasteiger partial charge in [0.05, 0.1) is 0 Å². The quantitative estimate of drug-likeness (QED) is 0.176. The number of aromatic nitrogens is 2. The van der Waals surface area contributed by atoms with E-state index < -0.39 is 0 Å². The Kier molecular flexibility index (Phi) is 14.0. The molecule has 2 saturated heterocycles. The zero-order chi connectivity index (χ0) is 42.6. The van der Waals surface area contributed by atoms with Gasteiger partial charge in [0.2, 0.25) is 5.91 Å². The number of nitrogens with one attached hydrogen (secondary N) is 2. The average molecular weight is 838 g/mol. The summed E-state index contributed by atoms with van der Waals surface area (Å²) in [5.74, 6) is 1.98. The van der Waals surface area contributed by atoms with Gasteiger partial charge in [-0.2, -0.15) is 0 Å². The molecule has 3 aliphatic rings. The lowest BCUT2D eigenvalue weighted by atomic mass is 9.85. The van der Waals surface area contributed by atoms with Crippen LogP contribution in [0.4, 0.5) is 0 Å². The van der Waals surface area contributed by atoms with Crippen molar-refractivity contribution >= 4 is 40.3 Å². The highest BCUT2D eigenvalue weighted by Crippen LogP contribution is 2.35. The van der Waals surface area contributed by atoms with Crippen LogP contribution in [0.3, 0.4) is 0 Å². The molecule has 1 aliphatic carbocycles. The normalized spacial score (nSPS) is 19.3. The number of nitrogens with zero attached hydrogens (tertiary/aromatic N) is 2. The van der Waals surface area contributed by atoms with Crippen LogP contribution in [0, 0.1) is 23.7 Å². The molecule has 2 atom stereocenters. The summed E-state index contributed by atoms with van der Waals surface area (Å²) < 4.78 is 0. The molecule has 0 radical (unpaired) electrons. The maximum absolute atomic E-state index is 12.4. The Morgan fingerprint density at radius 1 is 0.661 bits per heavy atom. The molecule has 59 heavy (non-hydrogen) atoms. The molecule has 2 N–H and O–H groups in total. The van der Waals surface area contributed by atoms with Gasteiger partial charge in [0.1, 0.15) is 10.0 Å². The van der Waals surface area contributed by atoms with Gasteiger partial charge < -0.3 is 19.8 Å². The van der Waals surface area contributed by atoms with Crippen molar-refractivity contribution in [2.75, 3.05) is 32.7 Å². The van der Waals surface area contributed by atoms with E-state index in [0.29, 0.717) is 17.7 Å². The van der Waals surface area contributed by atoms with Crippen LogP contribution in [0.2, 0.25) is 10.0 Å². The number of pyridine rings is 2. The molecule has 314 valence electrons. The number of carbonyl (C=O) groups is 1. The molecule has 1 amide bonds. The van der Waals surface area contributed by atoms with E-state index in [2.05, 4.69) is 131 Å². The number of benzene rings is 2. The Balaban J connectivity index is 0.000000199. The predicted molar refractivity (Wildman–Crippen MR) is 245 cm³/mol. The van der Waals surface area contributed by atoms with Crippen molar-refractivity contribution in [2.24, 2.45) is 23.7 Å². The second-order valence-electron chi connectivity index (χ2n) is 19.2. The summed E-state index contributed by atoms with van der Waals surface area (Å²) in [6.45, 7) is 22.7. The maximum Gasteiger partial charge on any atom is 0.267 e. The van der Waals surface area contributed by atoms with Crippen molar-refractivity contribution in [1.29, 1.82) is 0 Å². The van der Waals surface area contributed by atoms with Crippen molar-refractivity contribution in [3.05, 3.63) is 149 Å². The van der Waals surface area contributed by atoms with Crippen LogP contribution in [-0.2, 0) is 15.6 Å². The number of carbonyl (C=O) groups excluding carboxylic acids is 1. The highest BCUT2D eigenvalue weighted by Gasteiger charge is 2.36. The molecule has 7 rings (SSSR count). The third kappa shape index (κ3) is 11.8. The lowest BCUT2D eigenvalue weighted by Gasteiger charge is -2.20. The van der Waals surface area contributed by atoms with Gasteiger partial charge in [-0.3, -0.25) is 14.4 Å². The number of amides is 1. The molecule has 4 aromatic rings. The fraction of sp³-hybridized carbons (Fsp3) is 0.460. The van der Waals surface area contributed by atoms with Gasteiger partial charge in [0, 0.05) is 54.6 Å². The van der Waals surface area contributed by atoms with Gasteiger partial charge in [0.15, 0.2) is 0 Å². The summed E-state index contributed by atoms with van der Waals surface area (Å²) in [6, 6.07) is 24.3. The molecular formula is C50H62Cl2N4O3. The molecule has 0 bridgehead atoms. The number of hydrogen-bond acceptors (Lipinski definition) is 4. The molecule has 4 heterocycles. The van der Waals surface area contributed by atoms with Gasteiger partial charge in [0.25, 0.3) is 11.1 Å². The van der Waals surface area contributed by atoms with Crippen molar-refractivity contribution < 1.29 is 4.79 Å². The highest BCUT2D eigenvalue weighted by atomic mass is 35.5. The summed E-state index contributed by atoms with van der Waals surface area (Å²) in [5, 5.41) is 0.406. The largest absolute Gasteiger partial charge is 0.342 e. The van der Waals surface area contributed by atoms with Gasteiger partial charge in [-0.25, -0.2) is 0 Å². The van der Waals surface area contributed by atoms with E-state index in [1.807, 2.05) is 17.0 Å². The molecule has 2 aromatic heterocycles. The molecule has 2 aromatic carbocycles. The summed E-state index contributed by atoms with van der Waals surface area (Å²) >= 11 is 11.9. The number of halogens is 2. The second kappa shape index (κ2) is 18.6. The van der Waals surface area contributed by atoms with Crippen LogP contribution in [0.5, 0.6) is 0 Å². The van der Waals surface area contributed by atoms with Gasteiger partial charge in [-0.15, -0.1) is 0 Å². The summed E-state index contributed by atoms with van der Waals surface area (Å²) in [7, 11) is 0. The molecule has 0 spiro atoms. The first-order valence-electron chi connectivity index (χ1n) is 21.3. The zero-order valence-electron chi connectivity index (χ0n) is 36.1. The Labute approximate surface area is 360 Å². The van der Waals surface area contributed by atoms with E-state index in [-0.39, 0.29) is 43.8 Å². The number of rotatable bonds is 9. The molecular weight excluding hydrogens is 775 g/mol. The van der Waals surface area contributed by atoms with E-state index in [1.54, 1.807) is 12.1 Å². The fourth-order valence-corrected chi connectivity index (χ4v) is 8.29. The van der Waals surface area contributed by atoms with E-state index in [1.165, 1.54) is 11.1 Å². The van der Waals surface area contributed by atoms with E-state index in [0.717, 1.165) is 92.1 Å². The minimum absolute atomic E-state index is 0.0755. The molecule has 1 saturated carbocycles. The first kappa shape index (κ1) is 44.4. The first-order valence-corrected chi connectivity index (χ1v) is 22.1. The number of H-pyrrole nitrogens is 2. The Bertz CT molecular complexity index is 2270. The third-order valence-electron chi connectivity index (χ3n) is 11.6. The SMILES string of the molecule is CC(C)(C)c1ccc(/C(=C\[C@H]2CCN(C(=O)C3CC3)C2)c2ccc(Cl)c(=O)[nH]2)cc1.CC(C)CN1CC[C@H](/C=C(\c2ccc(C(C)(C)C)cc2)c2ccc(Cl)c(=O)[nH]2)C1. The van der Waals surface area contributed by atoms with Gasteiger partial charge in [-0.1, -0.05) is 139 Å². The Hall–Kier alpha value is -4.17. The first-order chi connectivity index (χ1) is 27.8. The van der Waals surface area contributed by atoms with Crippen LogP contribution >= 0.6 is 23.2 Å². The van der Waals surface area contributed by atoms with Gasteiger partial charge in [-0.05, 0) is 107 Å². The van der Waals surface area contributed by atoms with Crippen LogP contribution < -0.4 is 11.1 Å². The average Bonchev–Trinajstić information content (AvgIpc) is 3.77. The highest BCUT2D eigenvalue weighted by molar-refractivity contribution is 6.30. The lowest BCUT2D eigenvalue weighted by Crippen LogP contribution is -2.29. The number of likely N-dealkylation sites (tertiary alicyclic amines) is 2. The summed E-state index contributed by atoms with van der Waals surface area (Å²) in [5.41, 5.74) is 8.03. The van der Waals surface area contributed by atoms with Crippen LogP contribution in [-0.4, -0.2) is 58.4 Å².